The Morgan fingerprint density at radius 2 is 2.11 bits per heavy atom. The second-order valence-electron chi connectivity index (χ2n) is 4.11. The maximum Gasteiger partial charge on any atom is 0.321 e. The quantitative estimate of drug-likeness (QED) is 0.931. The van der Waals surface area contributed by atoms with Crippen molar-refractivity contribution in [2.75, 3.05) is 12.4 Å². The fourth-order valence-electron chi connectivity index (χ4n) is 1.58. The monoisotopic (exact) mass is 271 g/mol. The topological polar surface area (TPSA) is 56.1 Å². The molecule has 0 bridgehead atoms. The average Bonchev–Trinajstić information content (AvgIpc) is 2.92. The van der Waals surface area contributed by atoms with Crippen molar-refractivity contribution in [2.45, 2.75) is 6.54 Å². The van der Waals surface area contributed by atoms with Gasteiger partial charge in [-0.3, -0.25) is 0 Å². The predicted molar refractivity (Wildman–Crippen MR) is 76.0 cm³/mol. The van der Waals surface area contributed by atoms with Gasteiger partial charge < -0.3 is 10.2 Å². The van der Waals surface area contributed by atoms with E-state index in [2.05, 4.69) is 5.32 Å². The van der Waals surface area contributed by atoms with Crippen LogP contribution in [0.5, 0.6) is 0 Å². The number of rotatable bonds is 3. The van der Waals surface area contributed by atoms with Crippen LogP contribution < -0.4 is 5.32 Å². The number of hydrogen-bond acceptors (Lipinski definition) is 3. The van der Waals surface area contributed by atoms with E-state index in [4.69, 9.17) is 5.26 Å². The minimum Gasteiger partial charge on any atom is -0.323 e. The highest BCUT2D eigenvalue weighted by Gasteiger charge is 2.09. The number of benzene rings is 1. The smallest absolute Gasteiger partial charge is 0.321 e. The Morgan fingerprint density at radius 1 is 1.37 bits per heavy atom. The Labute approximate surface area is 115 Å². The summed E-state index contributed by atoms with van der Waals surface area (Å²) in [6, 6.07) is 10.6. The third-order valence-electron chi connectivity index (χ3n) is 2.61. The molecule has 0 aliphatic rings. The molecule has 0 atom stereocenters. The highest BCUT2D eigenvalue weighted by Crippen LogP contribution is 2.12. The Morgan fingerprint density at radius 3 is 2.68 bits per heavy atom. The van der Waals surface area contributed by atoms with Crippen LogP contribution in [-0.4, -0.2) is 18.0 Å². The maximum atomic E-state index is 11.9. The van der Waals surface area contributed by atoms with Crippen LogP contribution in [-0.2, 0) is 6.54 Å². The fraction of sp³-hybridized carbons (Fsp3) is 0.143. The van der Waals surface area contributed by atoms with Crippen LogP contribution in [0.2, 0.25) is 0 Å². The molecule has 0 radical (unpaired) electrons. The summed E-state index contributed by atoms with van der Waals surface area (Å²) < 4.78 is 0. The number of amides is 2. The fourth-order valence-corrected chi connectivity index (χ4v) is 2.24. The number of carbonyl (C=O) groups is 1. The van der Waals surface area contributed by atoms with Crippen LogP contribution in [0.4, 0.5) is 10.5 Å². The molecule has 0 aliphatic heterocycles. The lowest BCUT2D eigenvalue weighted by atomic mass is 10.2. The minimum absolute atomic E-state index is 0.170. The van der Waals surface area contributed by atoms with Gasteiger partial charge in [0.25, 0.3) is 0 Å². The lowest BCUT2D eigenvalue weighted by Crippen LogP contribution is -2.30. The van der Waals surface area contributed by atoms with E-state index in [1.54, 1.807) is 47.5 Å². The molecule has 1 aromatic carbocycles. The van der Waals surface area contributed by atoms with Crippen molar-refractivity contribution < 1.29 is 4.79 Å². The molecule has 2 rings (SSSR count). The standard InChI is InChI=1S/C14H13N3OS/c1-17(9-12-6-7-19-10-12)14(18)16-13-4-2-11(8-15)3-5-13/h2-7,10H,9H2,1H3,(H,16,18). The van der Waals surface area contributed by atoms with E-state index in [0.717, 1.165) is 5.56 Å². The lowest BCUT2D eigenvalue weighted by molar-refractivity contribution is 0.221. The molecule has 0 fully saturated rings. The Kier molecular flexibility index (Phi) is 4.16. The van der Waals surface area contributed by atoms with E-state index >= 15 is 0 Å². The summed E-state index contributed by atoms with van der Waals surface area (Å²) in [6.45, 7) is 0.575. The molecule has 4 nitrogen and oxygen atoms in total. The van der Waals surface area contributed by atoms with Crippen molar-refractivity contribution in [1.29, 1.82) is 5.26 Å². The summed E-state index contributed by atoms with van der Waals surface area (Å²) in [5.41, 5.74) is 2.37. The summed E-state index contributed by atoms with van der Waals surface area (Å²) in [6.07, 6.45) is 0. The molecular formula is C14H13N3OS. The zero-order valence-corrected chi connectivity index (χ0v) is 11.3. The van der Waals surface area contributed by atoms with Crippen LogP contribution >= 0.6 is 11.3 Å². The van der Waals surface area contributed by atoms with Crippen molar-refractivity contribution >= 4 is 23.1 Å². The van der Waals surface area contributed by atoms with Gasteiger partial charge >= 0.3 is 6.03 Å². The molecule has 0 aliphatic carbocycles. The van der Waals surface area contributed by atoms with E-state index in [0.29, 0.717) is 17.8 Å². The molecule has 2 aromatic rings. The summed E-state index contributed by atoms with van der Waals surface area (Å²) in [7, 11) is 1.75. The van der Waals surface area contributed by atoms with Crippen LogP contribution in [0.3, 0.4) is 0 Å². The second kappa shape index (κ2) is 6.03. The molecule has 1 N–H and O–H groups in total. The van der Waals surface area contributed by atoms with Gasteiger partial charge in [-0.05, 0) is 46.7 Å². The van der Waals surface area contributed by atoms with Crippen LogP contribution in [0, 0.1) is 11.3 Å². The Hall–Kier alpha value is -2.32. The third-order valence-corrected chi connectivity index (χ3v) is 3.34. The van der Waals surface area contributed by atoms with E-state index in [1.807, 2.05) is 22.9 Å². The number of carbonyl (C=O) groups excluding carboxylic acids is 1. The van der Waals surface area contributed by atoms with Gasteiger partial charge in [-0.15, -0.1) is 0 Å². The first-order valence-electron chi connectivity index (χ1n) is 5.72. The van der Waals surface area contributed by atoms with Gasteiger partial charge in [0.2, 0.25) is 0 Å². The zero-order valence-electron chi connectivity index (χ0n) is 10.5. The second-order valence-corrected chi connectivity index (χ2v) is 4.89. The van der Waals surface area contributed by atoms with E-state index in [-0.39, 0.29) is 6.03 Å². The van der Waals surface area contributed by atoms with E-state index < -0.39 is 0 Å². The molecule has 0 saturated carbocycles. The molecular weight excluding hydrogens is 258 g/mol. The minimum atomic E-state index is -0.170. The summed E-state index contributed by atoms with van der Waals surface area (Å²) in [4.78, 5) is 13.6. The largest absolute Gasteiger partial charge is 0.323 e. The first-order chi connectivity index (χ1) is 9.19. The van der Waals surface area contributed by atoms with Crippen molar-refractivity contribution in [1.82, 2.24) is 4.90 Å². The van der Waals surface area contributed by atoms with Crippen molar-refractivity contribution in [2.24, 2.45) is 0 Å². The average molecular weight is 271 g/mol. The van der Waals surface area contributed by atoms with Gasteiger partial charge in [0.1, 0.15) is 0 Å². The van der Waals surface area contributed by atoms with Crippen molar-refractivity contribution in [3.05, 3.63) is 52.2 Å². The van der Waals surface area contributed by atoms with Gasteiger partial charge in [0.15, 0.2) is 0 Å². The van der Waals surface area contributed by atoms with E-state index in [9.17, 15) is 4.79 Å². The number of nitriles is 1. The Bertz CT molecular complexity index is 584. The van der Waals surface area contributed by atoms with Gasteiger partial charge in [-0.1, -0.05) is 0 Å². The van der Waals surface area contributed by atoms with Crippen LogP contribution in [0.1, 0.15) is 11.1 Å². The molecule has 5 heteroatoms. The number of thiophene rings is 1. The lowest BCUT2D eigenvalue weighted by Gasteiger charge is -2.17. The van der Waals surface area contributed by atoms with E-state index in [1.165, 1.54) is 0 Å². The summed E-state index contributed by atoms with van der Waals surface area (Å²) >= 11 is 1.61. The zero-order chi connectivity index (χ0) is 13.7. The highest BCUT2D eigenvalue weighted by molar-refractivity contribution is 7.07. The molecule has 1 aromatic heterocycles. The Balaban J connectivity index is 1.94. The van der Waals surface area contributed by atoms with Crippen molar-refractivity contribution in [3.63, 3.8) is 0 Å². The van der Waals surface area contributed by atoms with Gasteiger partial charge in [0.05, 0.1) is 11.6 Å². The van der Waals surface area contributed by atoms with Gasteiger partial charge in [-0.25, -0.2) is 4.79 Å². The van der Waals surface area contributed by atoms with Crippen LogP contribution in [0.25, 0.3) is 0 Å². The molecule has 19 heavy (non-hydrogen) atoms. The molecule has 96 valence electrons. The first kappa shape index (κ1) is 13.1. The number of hydrogen-bond donors (Lipinski definition) is 1. The van der Waals surface area contributed by atoms with Gasteiger partial charge in [-0.2, -0.15) is 16.6 Å². The molecule has 0 saturated heterocycles. The summed E-state index contributed by atoms with van der Waals surface area (Å²) in [5.74, 6) is 0. The predicted octanol–water partition coefficient (Wildman–Crippen LogP) is 3.28. The normalized spacial score (nSPS) is 9.68. The molecule has 0 spiro atoms. The van der Waals surface area contributed by atoms with Crippen molar-refractivity contribution in [3.8, 4) is 6.07 Å². The number of urea groups is 1. The SMILES string of the molecule is CN(Cc1ccsc1)C(=O)Nc1ccc(C#N)cc1. The molecule has 1 heterocycles. The first-order valence-corrected chi connectivity index (χ1v) is 6.66. The van der Waals surface area contributed by atoms with Crippen LogP contribution in [0.15, 0.2) is 41.1 Å². The highest BCUT2D eigenvalue weighted by atomic mass is 32.1. The molecule has 2 amide bonds. The summed E-state index contributed by atoms with van der Waals surface area (Å²) in [5, 5.41) is 15.5. The molecule has 0 unspecified atom stereocenters. The number of nitrogens with one attached hydrogen (secondary N) is 1. The third kappa shape index (κ3) is 3.57. The number of nitrogens with zero attached hydrogens (tertiary/aromatic N) is 2. The maximum absolute atomic E-state index is 11.9. The number of anilines is 1. The van der Waals surface area contributed by atoms with Gasteiger partial charge in [0, 0.05) is 19.3 Å².